The molecule has 23 heavy (non-hydrogen) atoms. The molecule has 0 amide bonds. The number of aldehydes is 1. The van der Waals surface area contributed by atoms with E-state index in [9.17, 15) is 4.79 Å². The number of oxime groups is 1. The van der Waals surface area contributed by atoms with Crippen LogP contribution in [0.4, 0.5) is 0 Å². The number of nitrogens with zero attached hydrogens (tertiary/aromatic N) is 2. The zero-order valence-electron chi connectivity index (χ0n) is 13.3. The molecule has 2 unspecified atom stereocenters. The number of Topliss-reactive ketones (excluding diaryl/α,β-unsaturated/α-hetero) is 1. The highest BCUT2D eigenvalue weighted by Gasteiger charge is 2.51. The summed E-state index contributed by atoms with van der Waals surface area (Å²) in [5.74, 6) is 0.495. The fourth-order valence-corrected chi connectivity index (χ4v) is 3.42. The average molecular weight is 316 g/mol. The average Bonchev–Trinajstić information content (AvgIpc) is 2.51. The van der Waals surface area contributed by atoms with Gasteiger partial charge in [-0.3, -0.25) is 4.79 Å². The van der Waals surface area contributed by atoms with Crippen molar-refractivity contribution in [2.45, 2.75) is 31.6 Å². The van der Waals surface area contributed by atoms with Gasteiger partial charge in [-0.15, -0.1) is 5.16 Å². The van der Waals surface area contributed by atoms with Crippen LogP contribution in [0.25, 0.3) is 0 Å². The largest absolute Gasteiger partial charge is 0.481 e. The zero-order chi connectivity index (χ0) is 17.0. The number of carbonyl (C=O) groups excluding carboxylic acids is 2. The van der Waals surface area contributed by atoms with Gasteiger partial charge in [-0.05, 0) is 25.3 Å². The van der Waals surface area contributed by atoms with Crippen LogP contribution in [-0.2, 0) is 21.4 Å². The molecule has 2 aliphatic carbocycles. The van der Waals surface area contributed by atoms with Crippen molar-refractivity contribution >= 4 is 18.3 Å². The van der Waals surface area contributed by atoms with Gasteiger partial charge in [0.2, 0.25) is 5.88 Å². The number of ketones is 1. The number of fused-ring (bicyclic) bond motifs is 4. The quantitative estimate of drug-likeness (QED) is 0.297. The lowest BCUT2D eigenvalue weighted by atomic mass is 9.59. The van der Waals surface area contributed by atoms with Crippen molar-refractivity contribution in [1.29, 1.82) is 0 Å². The van der Waals surface area contributed by atoms with Gasteiger partial charge in [0.05, 0.1) is 18.7 Å². The van der Waals surface area contributed by atoms with Crippen molar-refractivity contribution in [3.8, 4) is 5.88 Å². The fourth-order valence-electron chi connectivity index (χ4n) is 3.42. The molecule has 6 heteroatoms. The minimum absolute atomic E-state index is 0.0992. The topological polar surface area (TPSA) is 88.8 Å². The molecule has 2 bridgehead atoms. The van der Waals surface area contributed by atoms with Crippen molar-refractivity contribution in [1.82, 2.24) is 4.98 Å². The second-order valence-electron chi connectivity index (χ2n) is 5.70. The third-order valence-corrected chi connectivity index (χ3v) is 4.23. The van der Waals surface area contributed by atoms with Gasteiger partial charge in [-0.1, -0.05) is 18.2 Å². The van der Waals surface area contributed by atoms with Gasteiger partial charge in [-0.2, -0.15) is 0 Å². The van der Waals surface area contributed by atoms with Crippen molar-refractivity contribution < 1.29 is 19.5 Å². The molecule has 1 saturated carbocycles. The number of rotatable bonds is 2. The number of methoxy groups -OCH3 is 1. The van der Waals surface area contributed by atoms with Gasteiger partial charge in [0.15, 0.2) is 5.78 Å². The first-order valence-electron chi connectivity index (χ1n) is 7.36. The number of hydrogen-bond donors (Lipinski definition) is 1. The first kappa shape index (κ1) is 16.9. The number of carbonyl (C=O) groups is 2. The zero-order valence-corrected chi connectivity index (χ0v) is 13.3. The molecule has 1 fully saturated rings. The molecule has 0 spiro atoms. The molecule has 0 radical (unpaired) electrons. The minimum atomic E-state index is -0.915. The van der Waals surface area contributed by atoms with E-state index in [0.29, 0.717) is 25.1 Å². The summed E-state index contributed by atoms with van der Waals surface area (Å²) in [5.41, 5.74) is 1.75. The van der Waals surface area contributed by atoms with Crippen LogP contribution in [0.2, 0.25) is 0 Å². The third kappa shape index (κ3) is 2.88. The van der Waals surface area contributed by atoms with Gasteiger partial charge >= 0.3 is 0 Å². The lowest BCUT2D eigenvalue weighted by Crippen LogP contribution is -2.50. The highest BCUT2D eigenvalue weighted by atomic mass is 16.5. The Hall–Kier alpha value is -2.50. The minimum Gasteiger partial charge on any atom is -0.481 e. The number of ether oxygens (including phenoxy) is 1. The van der Waals surface area contributed by atoms with Crippen LogP contribution in [0.3, 0.4) is 0 Å². The smallest absolute Gasteiger partial charge is 0.213 e. The number of allylic oxidation sites excluding steroid dienone is 1. The predicted octanol–water partition coefficient (Wildman–Crippen LogP) is 2.08. The first-order valence-corrected chi connectivity index (χ1v) is 7.36. The van der Waals surface area contributed by atoms with E-state index >= 15 is 0 Å². The van der Waals surface area contributed by atoms with Crippen LogP contribution >= 0.6 is 0 Å². The van der Waals surface area contributed by atoms with E-state index in [4.69, 9.17) is 14.7 Å². The molecular formula is C17H20N2O4. The van der Waals surface area contributed by atoms with E-state index in [1.54, 1.807) is 13.2 Å². The van der Waals surface area contributed by atoms with E-state index in [0.717, 1.165) is 23.1 Å². The van der Waals surface area contributed by atoms with E-state index < -0.39 is 5.41 Å². The molecule has 122 valence electrons. The van der Waals surface area contributed by atoms with Crippen molar-refractivity contribution in [3.63, 3.8) is 0 Å². The van der Waals surface area contributed by atoms with E-state index in [1.165, 1.54) is 13.1 Å². The molecule has 0 aromatic carbocycles. The molecule has 3 rings (SSSR count). The Labute approximate surface area is 134 Å². The lowest BCUT2D eigenvalue weighted by Gasteiger charge is -2.42. The number of aromatic nitrogens is 1. The summed E-state index contributed by atoms with van der Waals surface area (Å²) in [6.45, 7) is 5.47. The van der Waals surface area contributed by atoms with E-state index in [-0.39, 0.29) is 11.7 Å². The van der Waals surface area contributed by atoms with Crippen LogP contribution in [-0.4, -0.2) is 35.6 Å². The van der Waals surface area contributed by atoms with Gasteiger partial charge in [0.25, 0.3) is 0 Å². The summed E-state index contributed by atoms with van der Waals surface area (Å²) in [6.07, 6.45) is 3.83. The Balaban J connectivity index is 0.000000595. The summed E-state index contributed by atoms with van der Waals surface area (Å²) in [7, 11) is 1.57. The molecule has 1 heterocycles. The monoisotopic (exact) mass is 316 g/mol. The summed E-state index contributed by atoms with van der Waals surface area (Å²) in [4.78, 5) is 25.9. The standard InChI is InChI=1S/C15H16N2O3.C2H4O/c1-9-5-10-6-12-11(3-4-13(17-12)20-2)15(7-9,8-16-19)14(10)18;1-2-3/h3-4,8,10,19H,1,5-7H2,2H3;2H,1H3/b16-8+;. The Bertz CT molecular complexity index is 669. The summed E-state index contributed by atoms with van der Waals surface area (Å²) < 4.78 is 5.15. The fraction of sp³-hybridized carbons (Fsp3) is 0.412. The van der Waals surface area contributed by atoms with E-state index in [2.05, 4.69) is 16.7 Å². The molecule has 1 aromatic rings. The van der Waals surface area contributed by atoms with Crippen LogP contribution in [0, 0.1) is 5.92 Å². The summed E-state index contributed by atoms with van der Waals surface area (Å²) in [6, 6.07) is 3.58. The van der Waals surface area contributed by atoms with Gasteiger partial charge < -0.3 is 14.7 Å². The van der Waals surface area contributed by atoms with Gasteiger partial charge in [0.1, 0.15) is 6.29 Å². The SMILES string of the molecule is C=C1CC2Cc3nc(OC)ccc3C(/C=N/O)(C1)C2=O.CC=O. The van der Waals surface area contributed by atoms with Crippen LogP contribution < -0.4 is 4.74 Å². The molecule has 0 aliphatic heterocycles. The second kappa shape index (κ2) is 6.73. The van der Waals surface area contributed by atoms with Gasteiger partial charge in [0, 0.05) is 24.1 Å². The maximum Gasteiger partial charge on any atom is 0.213 e. The Morgan fingerprint density at radius 3 is 2.78 bits per heavy atom. The molecule has 1 N–H and O–H groups in total. The third-order valence-electron chi connectivity index (χ3n) is 4.23. The van der Waals surface area contributed by atoms with Crippen molar-refractivity contribution in [2.75, 3.05) is 7.11 Å². The second-order valence-corrected chi connectivity index (χ2v) is 5.70. The molecule has 2 atom stereocenters. The summed E-state index contributed by atoms with van der Waals surface area (Å²) in [5, 5.41) is 12.1. The molecule has 1 aromatic heterocycles. The molecule has 2 aliphatic rings. The highest BCUT2D eigenvalue weighted by molar-refractivity contribution is 6.09. The Morgan fingerprint density at radius 1 is 1.48 bits per heavy atom. The normalized spacial score (nSPS) is 25.4. The lowest BCUT2D eigenvalue weighted by molar-refractivity contribution is -0.128. The predicted molar refractivity (Wildman–Crippen MR) is 85.1 cm³/mol. The maximum absolute atomic E-state index is 12.7. The maximum atomic E-state index is 12.7. The van der Waals surface area contributed by atoms with Crippen LogP contribution in [0.15, 0.2) is 29.4 Å². The van der Waals surface area contributed by atoms with Crippen LogP contribution in [0.1, 0.15) is 31.0 Å². The first-order chi connectivity index (χ1) is 11.0. The number of hydrogen-bond acceptors (Lipinski definition) is 6. The summed E-state index contributed by atoms with van der Waals surface area (Å²) >= 11 is 0. The molecule has 6 nitrogen and oxygen atoms in total. The molecular weight excluding hydrogens is 296 g/mol. The Morgan fingerprint density at radius 2 is 2.17 bits per heavy atom. The van der Waals surface area contributed by atoms with Crippen molar-refractivity contribution in [2.24, 2.45) is 11.1 Å². The highest BCUT2D eigenvalue weighted by Crippen LogP contribution is 2.46. The molecule has 0 saturated heterocycles. The van der Waals surface area contributed by atoms with Crippen LogP contribution in [0.5, 0.6) is 5.88 Å². The Kier molecular flexibility index (Phi) is 4.93. The van der Waals surface area contributed by atoms with Gasteiger partial charge in [-0.25, -0.2) is 4.98 Å². The van der Waals surface area contributed by atoms with Crippen molar-refractivity contribution in [3.05, 3.63) is 35.5 Å². The number of pyridine rings is 1. The van der Waals surface area contributed by atoms with E-state index in [1.807, 2.05) is 6.07 Å².